The molecular weight excluding hydrogens is 332 g/mol. The van der Waals surface area contributed by atoms with Crippen molar-refractivity contribution in [1.82, 2.24) is 5.43 Å². The minimum Gasteiger partial charge on any atom is -0.321 e. The number of nitrogens with zero attached hydrogens (tertiary/aromatic N) is 2. The molecule has 0 aliphatic carbocycles. The molecule has 1 aromatic rings. The van der Waals surface area contributed by atoms with Crippen LogP contribution in [0.3, 0.4) is 0 Å². The van der Waals surface area contributed by atoms with Gasteiger partial charge in [0.25, 0.3) is 11.6 Å². The number of hydrogen-bond donors (Lipinski definition) is 2. The fourth-order valence-electron chi connectivity index (χ4n) is 1.57. The zero-order valence-corrected chi connectivity index (χ0v) is 11.6. The van der Waals surface area contributed by atoms with E-state index in [9.17, 15) is 19.7 Å². The molecule has 2 N–H and O–H groups in total. The molecule has 0 spiro atoms. The number of carbonyl (C=O) groups excluding carboxylic acids is 2. The largest absolute Gasteiger partial charge is 0.321 e. The van der Waals surface area contributed by atoms with Crippen LogP contribution in [0.4, 0.5) is 11.4 Å². The molecule has 0 radical (unpaired) electrons. The predicted octanol–water partition coefficient (Wildman–Crippen LogP) is 1.56. The summed E-state index contributed by atoms with van der Waals surface area (Å²) >= 11 is 3.06. The summed E-state index contributed by atoms with van der Waals surface area (Å²) in [6, 6.07) is 4.13. The fraction of sp³-hybridized carbons (Fsp3) is 0.182. The highest BCUT2D eigenvalue weighted by atomic mass is 79.9. The molecule has 1 aromatic carbocycles. The van der Waals surface area contributed by atoms with Crippen molar-refractivity contribution in [1.29, 1.82) is 0 Å². The average Bonchev–Trinajstić information content (AvgIpc) is 2.39. The quantitative estimate of drug-likeness (QED) is 0.641. The van der Waals surface area contributed by atoms with Crippen LogP contribution in [0.15, 0.2) is 27.8 Å². The molecule has 0 aromatic heterocycles. The van der Waals surface area contributed by atoms with Gasteiger partial charge in [-0.25, -0.2) is 5.43 Å². The number of amides is 2. The lowest BCUT2D eigenvalue weighted by Crippen LogP contribution is -2.32. The van der Waals surface area contributed by atoms with Gasteiger partial charge in [0.15, 0.2) is 0 Å². The van der Waals surface area contributed by atoms with Crippen LogP contribution < -0.4 is 10.7 Å². The molecule has 1 aliphatic heterocycles. The van der Waals surface area contributed by atoms with E-state index in [-0.39, 0.29) is 34.6 Å². The molecule has 20 heavy (non-hydrogen) atoms. The molecule has 104 valence electrons. The molecule has 0 saturated carbocycles. The zero-order chi connectivity index (χ0) is 14.7. The van der Waals surface area contributed by atoms with Gasteiger partial charge in [0.2, 0.25) is 5.91 Å². The summed E-state index contributed by atoms with van der Waals surface area (Å²) < 4.78 is 0.263. The number of nitrogens with one attached hydrogen (secondary N) is 2. The van der Waals surface area contributed by atoms with E-state index in [1.807, 2.05) is 0 Å². The van der Waals surface area contributed by atoms with Crippen molar-refractivity contribution in [2.75, 3.05) is 5.32 Å². The van der Waals surface area contributed by atoms with E-state index in [0.29, 0.717) is 5.69 Å². The third kappa shape index (κ3) is 3.18. The van der Waals surface area contributed by atoms with E-state index in [2.05, 4.69) is 31.8 Å². The Hall–Kier alpha value is -2.29. The number of benzene rings is 1. The molecule has 0 fully saturated rings. The fourth-order valence-corrected chi connectivity index (χ4v) is 2.10. The van der Waals surface area contributed by atoms with Gasteiger partial charge in [-0.05, 0) is 28.1 Å². The van der Waals surface area contributed by atoms with Crippen LogP contribution in [0, 0.1) is 10.1 Å². The third-order valence-corrected chi connectivity index (χ3v) is 3.20. The Labute approximate surface area is 121 Å². The maximum atomic E-state index is 11.9. The van der Waals surface area contributed by atoms with Gasteiger partial charge < -0.3 is 5.32 Å². The lowest BCUT2D eigenvalue weighted by atomic mass is 10.1. The third-order valence-electron chi connectivity index (χ3n) is 2.57. The average molecular weight is 341 g/mol. The van der Waals surface area contributed by atoms with Gasteiger partial charge in [0, 0.05) is 24.6 Å². The number of nitro groups is 1. The van der Waals surface area contributed by atoms with E-state index >= 15 is 0 Å². The second-order valence-electron chi connectivity index (χ2n) is 3.97. The highest BCUT2D eigenvalue weighted by Gasteiger charge is 2.19. The standard InChI is InChI=1S/C11H9BrN4O4/c12-7-5-6(1-3-9(7)16(19)20)13-11(18)8-2-4-10(17)15-14-8/h1,3,5H,2,4H2,(H,13,18)(H,15,17). The van der Waals surface area contributed by atoms with Gasteiger partial charge in [-0.2, -0.15) is 5.10 Å². The zero-order valence-electron chi connectivity index (χ0n) is 10.1. The number of carbonyl (C=O) groups is 2. The van der Waals surface area contributed by atoms with Gasteiger partial charge in [-0.1, -0.05) is 0 Å². The predicted molar refractivity (Wildman–Crippen MR) is 74.2 cm³/mol. The number of rotatable bonds is 3. The van der Waals surface area contributed by atoms with Crippen LogP contribution in [0.2, 0.25) is 0 Å². The van der Waals surface area contributed by atoms with E-state index in [4.69, 9.17) is 0 Å². The summed E-state index contributed by atoms with van der Waals surface area (Å²) in [5, 5.41) is 16.9. The Morgan fingerprint density at radius 2 is 2.20 bits per heavy atom. The molecule has 0 unspecified atom stereocenters. The monoisotopic (exact) mass is 340 g/mol. The second-order valence-corrected chi connectivity index (χ2v) is 4.83. The Morgan fingerprint density at radius 1 is 1.45 bits per heavy atom. The van der Waals surface area contributed by atoms with Crippen LogP contribution >= 0.6 is 15.9 Å². The first kappa shape index (κ1) is 14.1. The first-order valence-corrected chi connectivity index (χ1v) is 6.37. The van der Waals surface area contributed by atoms with Crippen LogP contribution in [-0.2, 0) is 9.59 Å². The SMILES string of the molecule is O=C1CCC(C(=O)Nc2ccc([N+](=O)[O-])c(Br)c2)=NN1. The Morgan fingerprint density at radius 3 is 2.75 bits per heavy atom. The molecular formula is C11H9BrN4O4. The number of nitro benzene ring substituents is 1. The Kier molecular flexibility index (Phi) is 4.08. The van der Waals surface area contributed by atoms with E-state index in [1.54, 1.807) is 0 Å². The van der Waals surface area contributed by atoms with Crippen molar-refractivity contribution in [3.8, 4) is 0 Å². The van der Waals surface area contributed by atoms with Crippen molar-refractivity contribution in [3.05, 3.63) is 32.8 Å². The lowest BCUT2D eigenvalue weighted by molar-refractivity contribution is -0.385. The molecule has 8 nitrogen and oxygen atoms in total. The molecule has 0 saturated heterocycles. The maximum absolute atomic E-state index is 11.9. The summed E-state index contributed by atoms with van der Waals surface area (Å²) in [7, 11) is 0. The first-order valence-electron chi connectivity index (χ1n) is 5.58. The van der Waals surface area contributed by atoms with Gasteiger partial charge in [0.05, 0.1) is 9.40 Å². The molecule has 2 rings (SSSR count). The van der Waals surface area contributed by atoms with Crippen LogP contribution in [0.25, 0.3) is 0 Å². The van der Waals surface area contributed by atoms with Crippen LogP contribution in [0.5, 0.6) is 0 Å². The molecule has 2 amide bonds. The normalized spacial score (nSPS) is 14.2. The molecule has 0 atom stereocenters. The molecule has 0 bridgehead atoms. The number of hydrazone groups is 1. The van der Waals surface area contributed by atoms with Crippen molar-refractivity contribution >= 4 is 44.8 Å². The molecule has 9 heteroatoms. The van der Waals surface area contributed by atoms with Crippen molar-refractivity contribution in [2.24, 2.45) is 5.10 Å². The van der Waals surface area contributed by atoms with Crippen molar-refractivity contribution in [3.63, 3.8) is 0 Å². The van der Waals surface area contributed by atoms with Gasteiger partial charge >= 0.3 is 0 Å². The first-order chi connectivity index (χ1) is 9.47. The summed E-state index contributed by atoms with van der Waals surface area (Å²) in [5.41, 5.74) is 2.73. The highest BCUT2D eigenvalue weighted by molar-refractivity contribution is 9.10. The van der Waals surface area contributed by atoms with Crippen molar-refractivity contribution in [2.45, 2.75) is 12.8 Å². The number of anilines is 1. The maximum Gasteiger partial charge on any atom is 0.283 e. The molecule has 1 aliphatic rings. The van der Waals surface area contributed by atoms with E-state index in [1.165, 1.54) is 18.2 Å². The number of hydrogen-bond acceptors (Lipinski definition) is 5. The molecule has 1 heterocycles. The lowest BCUT2D eigenvalue weighted by Gasteiger charge is -2.12. The van der Waals surface area contributed by atoms with E-state index < -0.39 is 10.8 Å². The van der Waals surface area contributed by atoms with Gasteiger partial charge in [-0.3, -0.25) is 19.7 Å². The Bertz CT molecular complexity index is 629. The van der Waals surface area contributed by atoms with Gasteiger partial charge in [0.1, 0.15) is 5.71 Å². The minimum atomic E-state index is -0.531. The summed E-state index contributed by atoms with van der Waals surface area (Å²) in [5.74, 6) is -0.689. The summed E-state index contributed by atoms with van der Waals surface area (Å²) in [6.07, 6.45) is 0.460. The summed E-state index contributed by atoms with van der Waals surface area (Å²) in [4.78, 5) is 32.9. The second kappa shape index (κ2) is 5.78. The van der Waals surface area contributed by atoms with Crippen molar-refractivity contribution < 1.29 is 14.5 Å². The Balaban J connectivity index is 2.10. The summed E-state index contributed by atoms with van der Waals surface area (Å²) in [6.45, 7) is 0. The van der Waals surface area contributed by atoms with Crippen LogP contribution in [-0.4, -0.2) is 22.4 Å². The smallest absolute Gasteiger partial charge is 0.283 e. The minimum absolute atomic E-state index is 0.0923. The van der Waals surface area contributed by atoms with Crippen LogP contribution in [0.1, 0.15) is 12.8 Å². The van der Waals surface area contributed by atoms with E-state index in [0.717, 1.165) is 0 Å². The highest BCUT2D eigenvalue weighted by Crippen LogP contribution is 2.27. The van der Waals surface area contributed by atoms with Gasteiger partial charge in [-0.15, -0.1) is 0 Å². The number of halogens is 1. The topological polar surface area (TPSA) is 114 Å².